The van der Waals surface area contributed by atoms with Crippen LogP contribution < -0.4 is 15.1 Å². The van der Waals surface area contributed by atoms with Gasteiger partial charge in [-0.15, -0.1) is 11.8 Å². The number of amides is 2. The Bertz CT molecular complexity index is 930. The number of aryl methyl sites for hydroxylation is 1. The van der Waals surface area contributed by atoms with Crippen molar-refractivity contribution < 1.29 is 9.59 Å². The number of thioether (sulfide) groups is 1. The highest BCUT2D eigenvalue weighted by Gasteiger charge is 2.28. The van der Waals surface area contributed by atoms with Crippen LogP contribution in [0.3, 0.4) is 0 Å². The fourth-order valence-electron chi connectivity index (χ4n) is 4.18. The monoisotopic (exact) mass is 409 g/mol. The van der Waals surface area contributed by atoms with Crippen LogP contribution in [0.15, 0.2) is 47.4 Å². The Kier molecular flexibility index (Phi) is 5.81. The van der Waals surface area contributed by atoms with Gasteiger partial charge in [-0.05, 0) is 43.0 Å². The average Bonchev–Trinajstić information content (AvgIpc) is 2.86. The number of hydrogen-bond acceptors (Lipinski definition) is 4. The molecule has 0 spiro atoms. The van der Waals surface area contributed by atoms with Gasteiger partial charge in [-0.25, -0.2) is 0 Å². The van der Waals surface area contributed by atoms with E-state index in [9.17, 15) is 9.59 Å². The number of nitrogens with zero attached hydrogens (tertiary/aromatic N) is 2. The summed E-state index contributed by atoms with van der Waals surface area (Å²) in [5.74, 6) is 0.0142. The van der Waals surface area contributed by atoms with Crippen LogP contribution in [-0.4, -0.2) is 36.7 Å². The van der Waals surface area contributed by atoms with E-state index in [0.717, 1.165) is 49.4 Å². The molecule has 0 fully saturated rings. The van der Waals surface area contributed by atoms with Crippen LogP contribution in [0.2, 0.25) is 0 Å². The maximum absolute atomic E-state index is 13.4. The molecular formula is C23H27N3O2S. The second-order valence-electron chi connectivity index (χ2n) is 7.75. The summed E-state index contributed by atoms with van der Waals surface area (Å²) in [6, 6.07) is 14.2. The van der Waals surface area contributed by atoms with Gasteiger partial charge in [0.05, 0.1) is 23.6 Å². The zero-order valence-corrected chi connectivity index (χ0v) is 17.8. The van der Waals surface area contributed by atoms with E-state index >= 15 is 0 Å². The first-order valence-electron chi connectivity index (χ1n) is 10.2. The van der Waals surface area contributed by atoms with Crippen LogP contribution in [0.5, 0.6) is 0 Å². The molecule has 2 amide bonds. The van der Waals surface area contributed by atoms with Gasteiger partial charge in [0.25, 0.3) is 0 Å². The molecule has 1 atom stereocenters. The molecule has 1 unspecified atom stereocenters. The van der Waals surface area contributed by atoms with E-state index in [1.807, 2.05) is 47.0 Å². The van der Waals surface area contributed by atoms with Crippen LogP contribution in [0, 0.1) is 0 Å². The first-order chi connectivity index (χ1) is 14.0. The molecule has 0 aromatic heterocycles. The molecule has 6 heteroatoms. The summed E-state index contributed by atoms with van der Waals surface area (Å²) in [5, 5.41) is 3.42. The van der Waals surface area contributed by atoms with Crippen LogP contribution >= 0.6 is 11.8 Å². The van der Waals surface area contributed by atoms with Crippen LogP contribution in [0.25, 0.3) is 0 Å². The summed E-state index contributed by atoms with van der Waals surface area (Å²) in [5.41, 5.74) is 3.99. The Balaban J connectivity index is 1.61. The van der Waals surface area contributed by atoms with Crippen molar-refractivity contribution in [1.82, 2.24) is 0 Å². The van der Waals surface area contributed by atoms with Gasteiger partial charge >= 0.3 is 0 Å². The summed E-state index contributed by atoms with van der Waals surface area (Å²) in [6.07, 6.45) is 2.94. The van der Waals surface area contributed by atoms with Gasteiger partial charge < -0.3 is 15.1 Å². The Morgan fingerprint density at radius 3 is 2.79 bits per heavy atom. The van der Waals surface area contributed by atoms with Crippen molar-refractivity contribution in [2.75, 3.05) is 34.8 Å². The minimum atomic E-state index is -0.0947. The van der Waals surface area contributed by atoms with Crippen molar-refractivity contribution >= 4 is 40.6 Å². The highest BCUT2D eigenvalue weighted by molar-refractivity contribution is 8.00. The smallest absolute Gasteiger partial charge is 0.246 e. The average molecular weight is 410 g/mol. The van der Waals surface area contributed by atoms with Crippen LogP contribution in [-0.2, 0) is 16.0 Å². The standard InChI is InChI=1S/C23H27N3O2S/c1-16-12-14-26(20-10-3-4-11-21(20)29-16)22(28)15-25-13-6-8-18-7-5-9-19(23(18)25)24-17(2)27/h3-5,7,9-11,16H,6,8,12-15H2,1-2H3,(H,24,27). The predicted octanol–water partition coefficient (Wildman–Crippen LogP) is 4.32. The number of rotatable bonds is 3. The molecule has 0 bridgehead atoms. The summed E-state index contributed by atoms with van der Waals surface area (Å²) >= 11 is 1.84. The number of benzene rings is 2. The third-order valence-corrected chi connectivity index (χ3v) is 6.73. The van der Waals surface area contributed by atoms with Gasteiger partial charge in [0.2, 0.25) is 11.8 Å². The summed E-state index contributed by atoms with van der Waals surface area (Å²) < 4.78 is 0. The number of para-hydroxylation sites is 2. The predicted molar refractivity (Wildman–Crippen MR) is 120 cm³/mol. The van der Waals surface area contributed by atoms with E-state index in [0.29, 0.717) is 11.8 Å². The number of fused-ring (bicyclic) bond motifs is 2. The lowest BCUT2D eigenvalue weighted by molar-refractivity contribution is -0.117. The summed E-state index contributed by atoms with van der Waals surface area (Å²) in [6.45, 7) is 5.60. The number of hydrogen-bond donors (Lipinski definition) is 1. The van der Waals surface area contributed by atoms with Crippen molar-refractivity contribution in [2.45, 2.75) is 43.3 Å². The van der Waals surface area contributed by atoms with E-state index in [1.54, 1.807) is 0 Å². The van der Waals surface area contributed by atoms with Gasteiger partial charge in [0.1, 0.15) is 0 Å². The molecule has 2 aromatic carbocycles. The highest BCUT2D eigenvalue weighted by Crippen LogP contribution is 2.38. The van der Waals surface area contributed by atoms with Crippen molar-refractivity contribution in [3.05, 3.63) is 48.0 Å². The minimum Gasteiger partial charge on any atom is -0.360 e. The van der Waals surface area contributed by atoms with Gasteiger partial charge in [-0.2, -0.15) is 0 Å². The van der Waals surface area contributed by atoms with Crippen molar-refractivity contribution in [3.63, 3.8) is 0 Å². The van der Waals surface area contributed by atoms with Crippen LogP contribution in [0.4, 0.5) is 17.1 Å². The lowest BCUT2D eigenvalue weighted by Crippen LogP contribution is -2.43. The number of nitrogens with one attached hydrogen (secondary N) is 1. The topological polar surface area (TPSA) is 52.7 Å². The molecular weight excluding hydrogens is 382 g/mol. The molecule has 2 heterocycles. The highest BCUT2D eigenvalue weighted by atomic mass is 32.2. The Labute approximate surface area is 176 Å². The van der Waals surface area contributed by atoms with E-state index < -0.39 is 0 Å². The van der Waals surface area contributed by atoms with Gasteiger partial charge in [-0.3, -0.25) is 9.59 Å². The third kappa shape index (κ3) is 4.27. The zero-order valence-electron chi connectivity index (χ0n) is 17.0. The zero-order chi connectivity index (χ0) is 20.4. The first kappa shape index (κ1) is 19.8. The summed E-state index contributed by atoms with van der Waals surface area (Å²) in [7, 11) is 0. The fourth-order valence-corrected chi connectivity index (χ4v) is 5.29. The molecule has 2 aromatic rings. The second-order valence-corrected chi connectivity index (χ2v) is 9.23. The molecule has 5 nitrogen and oxygen atoms in total. The lowest BCUT2D eigenvalue weighted by atomic mass is 10.00. The van der Waals surface area contributed by atoms with Crippen LogP contribution in [0.1, 0.15) is 32.3 Å². The first-order valence-corrected chi connectivity index (χ1v) is 11.1. The molecule has 0 saturated heterocycles. The maximum atomic E-state index is 13.4. The Morgan fingerprint density at radius 2 is 1.97 bits per heavy atom. The lowest BCUT2D eigenvalue weighted by Gasteiger charge is -2.34. The second kappa shape index (κ2) is 8.49. The third-order valence-electron chi connectivity index (χ3n) is 5.49. The normalized spacial score (nSPS) is 18.5. The number of carbonyl (C=O) groups excluding carboxylic acids is 2. The summed E-state index contributed by atoms with van der Waals surface area (Å²) in [4.78, 5) is 30.3. The Hall–Kier alpha value is -2.47. The molecule has 29 heavy (non-hydrogen) atoms. The number of carbonyl (C=O) groups is 2. The molecule has 0 aliphatic carbocycles. The largest absolute Gasteiger partial charge is 0.360 e. The van der Waals surface area contributed by atoms with E-state index in [4.69, 9.17) is 0 Å². The molecule has 152 valence electrons. The van der Waals surface area contributed by atoms with Crippen molar-refractivity contribution in [1.29, 1.82) is 0 Å². The fraction of sp³-hybridized carbons (Fsp3) is 0.391. The molecule has 1 N–H and O–H groups in total. The van der Waals surface area contributed by atoms with Crippen molar-refractivity contribution in [2.24, 2.45) is 0 Å². The molecule has 4 rings (SSSR count). The molecule has 0 saturated carbocycles. The maximum Gasteiger partial charge on any atom is 0.246 e. The minimum absolute atomic E-state index is 0.0947. The van der Waals surface area contributed by atoms with Gasteiger partial charge in [0, 0.05) is 30.2 Å². The van der Waals surface area contributed by atoms with Gasteiger partial charge in [-0.1, -0.05) is 31.2 Å². The van der Waals surface area contributed by atoms with E-state index in [1.165, 1.54) is 17.4 Å². The number of anilines is 3. The van der Waals surface area contributed by atoms with E-state index in [-0.39, 0.29) is 11.8 Å². The quantitative estimate of drug-likeness (QED) is 0.821. The van der Waals surface area contributed by atoms with Crippen molar-refractivity contribution in [3.8, 4) is 0 Å². The SMILES string of the molecule is CC(=O)Nc1cccc2c1N(CC(=O)N1CCC(C)Sc3ccccc31)CCC2. The Morgan fingerprint density at radius 1 is 1.14 bits per heavy atom. The molecule has 2 aliphatic rings. The van der Waals surface area contributed by atoms with E-state index in [2.05, 4.69) is 29.3 Å². The molecule has 2 aliphatic heterocycles. The molecule has 0 radical (unpaired) electrons. The van der Waals surface area contributed by atoms with Gasteiger partial charge in [0.15, 0.2) is 0 Å².